The Balaban J connectivity index is 4.57. The predicted molar refractivity (Wildman–Crippen MR) is 171 cm³/mol. The van der Waals surface area contributed by atoms with Crippen LogP contribution in [0.2, 0.25) is 0 Å². The molecule has 0 bridgehead atoms. The van der Waals surface area contributed by atoms with E-state index in [2.05, 4.69) is 50.3 Å². The molecule has 8 nitrogen and oxygen atoms in total. The number of likely N-dealkylation sites (N-methyl/N-ethyl adjacent to an activating group) is 1. The van der Waals surface area contributed by atoms with Crippen molar-refractivity contribution in [3.05, 3.63) is 48.6 Å². The summed E-state index contributed by atoms with van der Waals surface area (Å²) in [6.45, 7) is 4.28. The van der Waals surface area contributed by atoms with Crippen molar-refractivity contribution in [2.45, 2.75) is 116 Å². The summed E-state index contributed by atoms with van der Waals surface area (Å²) in [5, 5.41) is 11.5. The highest BCUT2D eigenvalue weighted by Crippen LogP contribution is 2.11. The lowest BCUT2D eigenvalue weighted by Gasteiger charge is -2.34. The lowest BCUT2D eigenvalue weighted by atomic mass is 10.1. The Labute approximate surface area is 261 Å². The Hall–Kier alpha value is -2.71. The molecular weight excluding hydrogens is 546 g/mol. The molecule has 0 heterocycles. The highest BCUT2D eigenvalue weighted by Gasteiger charge is 2.25. The number of carboxylic acids is 1. The molecule has 0 aliphatic carbocycles. The van der Waals surface area contributed by atoms with E-state index in [1.54, 1.807) is 21.1 Å². The number of hydrogen-bond donors (Lipinski definition) is 0. The van der Waals surface area contributed by atoms with E-state index < -0.39 is 18.1 Å². The summed E-state index contributed by atoms with van der Waals surface area (Å²) in [6, 6.07) is -0.733. The zero-order valence-corrected chi connectivity index (χ0v) is 27.6. The second kappa shape index (κ2) is 26.9. The molecule has 0 aliphatic rings. The van der Waals surface area contributed by atoms with Gasteiger partial charge in [-0.1, -0.05) is 81.7 Å². The van der Waals surface area contributed by atoms with Crippen LogP contribution in [0.1, 0.15) is 104 Å². The van der Waals surface area contributed by atoms with Crippen molar-refractivity contribution in [3.63, 3.8) is 0 Å². The third kappa shape index (κ3) is 25.5. The van der Waals surface area contributed by atoms with Gasteiger partial charge in [0, 0.05) is 19.3 Å². The van der Waals surface area contributed by atoms with Gasteiger partial charge in [0.15, 0.2) is 6.10 Å². The zero-order chi connectivity index (χ0) is 32.2. The maximum Gasteiger partial charge on any atom is 0.306 e. The standard InChI is InChI=1S/C35H59NO7/c1-6-8-10-12-14-15-16-17-18-20-22-24-26-34(38)43-31(29-41-28-27-32(35(39)40)36(3,4)5)30-42-33(37)25-23-21-19-13-11-9-7-2/h8-11,14-15,19,21,31-32H,6-7,12-13,16-18,20,22-30H2,1-5H3/b10-8+,11-9+,15-14+,21-19+. The number of aliphatic carboxylic acids is 1. The molecule has 0 amide bonds. The summed E-state index contributed by atoms with van der Waals surface area (Å²) < 4.78 is 16.8. The third-order valence-corrected chi connectivity index (χ3v) is 6.72. The van der Waals surface area contributed by atoms with Crippen LogP contribution in [0, 0.1) is 0 Å². The van der Waals surface area contributed by atoms with Crippen LogP contribution in [0.3, 0.4) is 0 Å². The van der Waals surface area contributed by atoms with Crippen LogP contribution in [-0.4, -0.2) is 75.5 Å². The molecular formula is C35H59NO7. The maximum absolute atomic E-state index is 12.5. The molecule has 43 heavy (non-hydrogen) atoms. The van der Waals surface area contributed by atoms with E-state index in [-0.39, 0.29) is 49.1 Å². The molecule has 0 radical (unpaired) electrons. The first kappa shape index (κ1) is 40.3. The van der Waals surface area contributed by atoms with Crippen LogP contribution in [0.15, 0.2) is 48.6 Å². The van der Waals surface area contributed by atoms with Gasteiger partial charge in [0.05, 0.1) is 40.3 Å². The number of allylic oxidation sites excluding steroid dienone is 8. The summed E-state index contributed by atoms with van der Waals surface area (Å²) in [6.07, 6.45) is 27.5. The van der Waals surface area contributed by atoms with E-state index in [0.717, 1.165) is 64.2 Å². The molecule has 8 heteroatoms. The van der Waals surface area contributed by atoms with Crippen molar-refractivity contribution in [1.29, 1.82) is 0 Å². The van der Waals surface area contributed by atoms with Gasteiger partial charge in [-0.05, 0) is 51.4 Å². The second-order valence-electron chi connectivity index (χ2n) is 11.6. The van der Waals surface area contributed by atoms with Gasteiger partial charge in [-0.15, -0.1) is 0 Å². The molecule has 0 aliphatic heterocycles. The van der Waals surface area contributed by atoms with E-state index in [9.17, 15) is 19.5 Å². The van der Waals surface area contributed by atoms with Gasteiger partial charge in [-0.2, -0.15) is 0 Å². The number of rotatable bonds is 27. The monoisotopic (exact) mass is 605 g/mol. The third-order valence-electron chi connectivity index (χ3n) is 6.72. The first-order chi connectivity index (χ1) is 20.6. The molecule has 0 spiro atoms. The lowest BCUT2D eigenvalue weighted by Crippen LogP contribution is -2.55. The van der Waals surface area contributed by atoms with Crippen LogP contribution in [0.5, 0.6) is 0 Å². The summed E-state index contributed by atoms with van der Waals surface area (Å²) >= 11 is 0. The fraction of sp³-hybridized carbons (Fsp3) is 0.686. The zero-order valence-electron chi connectivity index (χ0n) is 27.6. The smallest absolute Gasteiger partial charge is 0.306 e. The highest BCUT2D eigenvalue weighted by atomic mass is 16.6. The Morgan fingerprint density at radius 2 is 1.28 bits per heavy atom. The van der Waals surface area contributed by atoms with Crippen LogP contribution < -0.4 is 5.11 Å². The summed E-state index contributed by atoms with van der Waals surface area (Å²) in [5.74, 6) is -1.86. The van der Waals surface area contributed by atoms with Crippen molar-refractivity contribution in [2.24, 2.45) is 0 Å². The van der Waals surface area contributed by atoms with E-state index in [0.29, 0.717) is 12.8 Å². The van der Waals surface area contributed by atoms with Crippen LogP contribution in [0.4, 0.5) is 0 Å². The first-order valence-corrected chi connectivity index (χ1v) is 16.2. The summed E-state index contributed by atoms with van der Waals surface area (Å²) in [4.78, 5) is 36.3. The Morgan fingerprint density at radius 1 is 0.698 bits per heavy atom. The second-order valence-corrected chi connectivity index (χ2v) is 11.6. The Kier molecular flexibility index (Phi) is 25.2. The molecule has 0 fully saturated rings. The van der Waals surface area contributed by atoms with Gasteiger partial charge in [0.2, 0.25) is 0 Å². The minimum atomic E-state index is -1.14. The van der Waals surface area contributed by atoms with E-state index in [1.807, 2.05) is 12.2 Å². The average Bonchev–Trinajstić information content (AvgIpc) is 2.94. The largest absolute Gasteiger partial charge is 0.544 e. The lowest BCUT2D eigenvalue weighted by molar-refractivity contribution is -0.889. The van der Waals surface area contributed by atoms with Crippen LogP contribution >= 0.6 is 0 Å². The molecule has 0 aromatic rings. The van der Waals surface area contributed by atoms with Crippen molar-refractivity contribution in [2.75, 3.05) is 41.0 Å². The van der Waals surface area contributed by atoms with Gasteiger partial charge in [0.1, 0.15) is 12.6 Å². The summed E-state index contributed by atoms with van der Waals surface area (Å²) in [7, 11) is 5.35. The SMILES string of the molecule is CC/C=C/C/C=C/CCCCCCCC(=O)OC(COCCC(C(=O)[O-])[N+](C)(C)C)COC(=O)CC/C=C/C/C=C/CC. The molecule has 2 unspecified atom stereocenters. The van der Waals surface area contributed by atoms with Crippen molar-refractivity contribution >= 4 is 17.9 Å². The van der Waals surface area contributed by atoms with Gasteiger partial charge in [-0.25, -0.2) is 0 Å². The molecule has 0 saturated heterocycles. The van der Waals surface area contributed by atoms with Gasteiger partial charge in [0.25, 0.3) is 0 Å². The number of carboxylic acid groups (broad SMARTS) is 1. The van der Waals surface area contributed by atoms with Crippen LogP contribution in [-0.2, 0) is 28.6 Å². The Morgan fingerprint density at radius 3 is 1.88 bits per heavy atom. The van der Waals surface area contributed by atoms with Crippen molar-refractivity contribution in [1.82, 2.24) is 0 Å². The van der Waals surface area contributed by atoms with Gasteiger partial charge >= 0.3 is 11.9 Å². The van der Waals surface area contributed by atoms with E-state index in [4.69, 9.17) is 14.2 Å². The molecule has 0 aromatic heterocycles. The van der Waals surface area contributed by atoms with E-state index >= 15 is 0 Å². The number of carbonyl (C=O) groups is 3. The fourth-order valence-corrected chi connectivity index (χ4v) is 4.22. The number of ether oxygens (including phenoxy) is 3. The van der Waals surface area contributed by atoms with Crippen molar-refractivity contribution in [3.8, 4) is 0 Å². The maximum atomic E-state index is 12.5. The van der Waals surface area contributed by atoms with E-state index in [1.165, 1.54) is 0 Å². The van der Waals surface area contributed by atoms with Crippen LogP contribution in [0.25, 0.3) is 0 Å². The highest BCUT2D eigenvalue weighted by molar-refractivity contribution is 5.70. The fourth-order valence-electron chi connectivity index (χ4n) is 4.22. The number of quaternary nitrogens is 1. The normalized spacial score (nSPS) is 13.8. The first-order valence-electron chi connectivity index (χ1n) is 16.2. The Bertz CT molecular complexity index is 855. The summed E-state index contributed by atoms with van der Waals surface area (Å²) in [5.41, 5.74) is 0. The number of esters is 2. The number of nitrogens with zero attached hydrogens (tertiary/aromatic N) is 1. The number of carbonyl (C=O) groups excluding carboxylic acids is 3. The number of hydrogen-bond acceptors (Lipinski definition) is 7. The molecule has 2 atom stereocenters. The molecule has 246 valence electrons. The molecule has 0 aromatic carbocycles. The minimum absolute atomic E-state index is 0.0152. The van der Waals surface area contributed by atoms with Crippen molar-refractivity contribution < 1.29 is 38.2 Å². The predicted octanol–water partition coefficient (Wildman–Crippen LogP) is 6.01. The molecule has 0 saturated carbocycles. The minimum Gasteiger partial charge on any atom is -0.544 e. The topological polar surface area (TPSA) is 102 Å². The quantitative estimate of drug-likeness (QED) is 0.0489. The van der Waals surface area contributed by atoms with Gasteiger partial charge < -0.3 is 28.6 Å². The molecule has 0 N–H and O–H groups in total. The van der Waals surface area contributed by atoms with Gasteiger partial charge in [-0.3, -0.25) is 9.59 Å². The molecule has 0 rings (SSSR count). The number of unbranched alkanes of at least 4 members (excludes halogenated alkanes) is 5. The average molecular weight is 606 g/mol.